The van der Waals surface area contributed by atoms with Crippen molar-refractivity contribution in [1.29, 1.82) is 0 Å². The van der Waals surface area contributed by atoms with E-state index >= 15 is 0 Å². The number of alkyl carbamates (subject to hydrolysis) is 1. The molecule has 0 bridgehead atoms. The van der Waals surface area contributed by atoms with Gasteiger partial charge in [-0.3, -0.25) is 14.5 Å². The summed E-state index contributed by atoms with van der Waals surface area (Å²) in [5.41, 5.74) is 0.851. The molecule has 0 aromatic heterocycles. The van der Waals surface area contributed by atoms with Crippen LogP contribution in [0.4, 0.5) is 9.59 Å². The van der Waals surface area contributed by atoms with E-state index in [-0.39, 0.29) is 23.3 Å². The van der Waals surface area contributed by atoms with Crippen molar-refractivity contribution >= 4 is 17.9 Å². The van der Waals surface area contributed by atoms with Gasteiger partial charge in [-0.1, -0.05) is 63.9 Å². The van der Waals surface area contributed by atoms with Gasteiger partial charge in [0, 0.05) is 26.1 Å². The van der Waals surface area contributed by atoms with E-state index in [0.717, 1.165) is 18.4 Å². The SMILES string of the molecule is CCCC[C@H](NC(=O)OC1CC(C)(C)CN1C(=O)N1CCOCC1)C(=O)C1ON1[C@H](C)c1ccccc1. The number of hydrogen-bond donors (Lipinski definition) is 1. The van der Waals surface area contributed by atoms with Crippen molar-refractivity contribution in [1.82, 2.24) is 20.2 Å². The molecule has 3 amide bonds. The largest absolute Gasteiger partial charge is 0.425 e. The zero-order valence-electron chi connectivity index (χ0n) is 22.4. The van der Waals surface area contributed by atoms with Gasteiger partial charge in [-0.2, -0.15) is 0 Å². The Labute approximate surface area is 219 Å². The highest BCUT2D eigenvalue weighted by Gasteiger charge is 2.49. The average molecular weight is 517 g/mol. The number of likely N-dealkylation sites (tertiary alicyclic amines) is 1. The zero-order chi connectivity index (χ0) is 26.6. The summed E-state index contributed by atoms with van der Waals surface area (Å²) < 4.78 is 11.1. The van der Waals surface area contributed by atoms with E-state index < -0.39 is 24.6 Å². The third kappa shape index (κ3) is 6.80. The van der Waals surface area contributed by atoms with Crippen molar-refractivity contribution in [2.24, 2.45) is 5.41 Å². The molecule has 5 atom stereocenters. The Kier molecular flexibility index (Phi) is 8.71. The van der Waals surface area contributed by atoms with E-state index in [1.54, 1.807) is 14.9 Å². The lowest BCUT2D eigenvalue weighted by Gasteiger charge is -2.33. The molecule has 204 valence electrons. The van der Waals surface area contributed by atoms with Crippen LogP contribution in [0.2, 0.25) is 0 Å². The molecule has 3 aliphatic rings. The summed E-state index contributed by atoms with van der Waals surface area (Å²) in [6.45, 7) is 10.6. The van der Waals surface area contributed by atoms with Gasteiger partial charge in [-0.25, -0.2) is 9.59 Å². The number of morpholine rings is 1. The average Bonchev–Trinajstić information content (AvgIpc) is 3.64. The lowest BCUT2D eigenvalue weighted by atomic mass is 9.93. The van der Waals surface area contributed by atoms with Crippen molar-refractivity contribution in [2.75, 3.05) is 32.8 Å². The van der Waals surface area contributed by atoms with Crippen molar-refractivity contribution in [3.05, 3.63) is 35.9 Å². The minimum Gasteiger partial charge on any atom is -0.425 e. The molecule has 0 saturated carbocycles. The molecule has 3 fully saturated rings. The number of Topliss-reactive ketones (excluding diaryl/α,β-unsaturated/α-hetero) is 1. The predicted molar refractivity (Wildman–Crippen MR) is 136 cm³/mol. The number of benzene rings is 1. The second-order valence-electron chi connectivity index (χ2n) is 10.9. The molecule has 0 spiro atoms. The summed E-state index contributed by atoms with van der Waals surface area (Å²) in [5, 5.41) is 4.44. The van der Waals surface area contributed by atoms with Gasteiger partial charge in [0.05, 0.1) is 25.3 Å². The Hall–Kier alpha value is -2.69. The quantitative estimate of drug-likeness (QED) is 0.499. The Morgan fingerprint density at radius 3 is 2.54 bits per heavy atom. The molecule has 1 N–H and O–H groups in total. The minimum atomic E-state index is -0.733. The van der Waals surface area contributed by atoms with E-state index in [4.69, 9.17) is 14.3 Å². The van der Waals surface area contributed by atoms with Gasteiger partial charge < -0.3 is 19.7 Å². The lowest BCUT2D eigenvalue weighted by Crippen LogP contribution is -2.52. The van der Waals surface area contributed by atoms with E-state index in [2.05, 4.69) is 5.32 Å². The zero-order valence-corrected chi connectivity index (χ0v) is 22.4. The molecule has 1 aromatic rings. The van der Waals surface area contributed by atoms with Crippen LogP contribution in [0.15, 0.2) is 30.3 Å². The number of nitrogens with one attached hydrogen (secondary N) is 1. The van der Waals surface area contributed by atoms with Gasteiger partial charge in [0.2, 0.25) is 12.0 Å². The van der Waals surface area contributed by atoms with Gasteiger partial charge >= 0.3 is 12.1 Å². The highest BCUT2D eigenvalue weighted by atomic mass is 16.8. The van der Waals surface area contributed by atoms with Gasteiger partial charge in [-0.15, -0.1) is 5.06 Å². The van der Waals surface area contributed by atoms with Crippen LogP contribution in [-0.4, -0.2) is 84.1 Å². The molecule has 3 unspecified atom stereocenters. The number of ketones is 1. The van der Waals surface area contributed by atoms with Gasteiger partial charge in [0.1, 0.15) is 0 Å². The number of carbonyl (C=O) groups is 3. The van der Waals surface area contributed by atoms with Crippen LogP contribution in [0.3, 0.4) is 0 Å². The highest BCUT2D eigenvalue weighted by molar-refractivity contribution is 5.91. The molecule has 10 nitrogen and oxygen atoms in total. The van der Waals surface area contributed by atoms with Crippen LogP contribution < -0.4 is 5.32 Å². The standard InChI is InChI=1S/C27H40N4O6/c1-5-6-12-21(23(32)24-31(37-24)19(2)20-10-8-7-9-11-20)28-25(33)36-22-17-27(3,4)18-30(22)26(34)29-13-15-35-16-14-29/h7-11,19,21-22,24H,5-6,12-18H2,1-4H3,(H,28,33)/t19-,21+,22?,24?,31?/m1/s1. The number of nitrogens with zero attached hydrogens (tertiary/aromatic N) is 3. The monoisotopic (exact) mass is 516 g/mol. The summed E-state index contributed by atoms with van der Waals surface area (Å²) in [6.07, 6.45) is 0.578. The number of hydroxylamine groups is 2. The summed E-state index contributed by atoms with van der Waals surface area (Å²) >= 11 is 0. The number of carbonyl (C=O) groups excluding carboxylic acids is 3. The van der Waals surface area contributed by atoms with Crippen LogP contribution in [-0.2, 0) is 19.1 Å². The highest BCUT2D eigenvalue weighted by Crippen LogP contribution is 2.36. The van der Waals surface area contributed by atoms with E-state index in [1.807, 2.05) is 58.0 Å². The molecule has 37 heavy (non-hydrogen) atoms. The maximum Gasteiger partial charge on any atom is 0.409 e. The van der Waals surface area contributed by atoms with Crippen LogP contribution in [0.5, 0.6) is 0 Å². The second-order valence-corrected chi connectivity index (χ2v) is 10.9. The molecule has 3 heterocycles. The molecular weight excluding hydrogens is 476 g/mol. The molecule has 4 rings (SSSR count). The second kappa shape index (κ2) is 11.8. The summed E-state index contributed by atoms with van der Waals surface area (Å²) in [4.78, 5) is 48.5. The first-order valence-electron chi connectivity index (χ1n) is 13.3. The fourth-order valence-electron chi connectivity index (χ4n) is 5.05. The molecule has 10 heteroatoms. The smallest absolute Gasteiger partial charge is 0.409 e. The van der Waals surface area contributed by atoms with E-state index in [0.29, 0.717) is 45.7 Å². The number of hydrogen-bond acceptors (Lipinski definition) is 7. The van der Waals surface area contributed by atoms with Gasteiger partial charge in [-0.05, 0) is 24.3 Å². The topological polar surface area (TPSA) is 104 Å². The molecule has 1 aromatic carbocycles. The molecule has 3 aliphatic heterocycles. The van der Waals surface area contributed by atoms with Crippen LogP contribution in [0, 0.1) is 5.41 Å². The number of amides is 3. The molecular formula is C27H40N4O6. The first-order valence-corrected chi connectivity index (χ1v) is 13.3. The molecule has 0 radical (unpaired) electrons. The van der Waals surface area contributed by atoms with E-state index in [1.165, 1.54) is 0 Å². The van der Waals surface area contributed by atoms with Crippen LogP contribution >= 0.6 is 0 Å². The first-order chi connectivity index (χ1) is 17.7. The van der Waals surface area contributed by atoms with Crippen LogP contribution in [0.1, 0.15) is 65.0 Å². The fraction of sp³-hybridized carbons (Fsp3) is 0.667. The number of rotatable bonds is 9. The lowest BCUT2D eigenvalue weighted by molar-refractivity contribution is -0.122. The van der Waals surface area contributed by atoms with Crippen molar-refractivity contribution < 1.29 is 28.7 Å². The third-order valence-corrected chi connectivity index (χ3v) is 7.24. The Balaban J connectivity index is 1.37. The Morgan fingerprint density at radius 2 is 1.86 bits per heavy atom. The number of urea groups is 1. The van der Waals surface area contributed by atoms with Crippen molar-refractivity contribution in [3.63, 3.8) is 0 Å². The van der Waals surface area contributed by atoms with Gasteiger partial charge in [0.15, 0.2) is 6.23 Å². The molecule has 3 saturated heterocycles. The van der Waals surface area contributed by atoms with E-state index in [9.17, 15) is 14.4 Å². The van der Waals surface area contributed by atoms with Crippen LogP contribution in [0.25, 0.3) is 0 Å². The Bertz CT molecular complexity index is 951. The maximum absolute atomic E-state index is 13.3. The number of unbranched alkanes of at least 4 members (excludes halogenated alkanes) is 1. The maximum atomic E-state index is 13.3. The summed E-state index contributed by atoms with van der Waals surface area (Å²) in [5.74, 6) is -0.193. The van der Waals surface area contributed by atoms with Crippen molar-refractivity contribution in [3.8, 4) is 0 Å². The van der Waals surface area contributed by atoms with Crippen molar-refractivity contribution in [2.45, 2.75) is 77.9 Å². The number of ether oxygens (including phenoxy) is 2. The summed E-state index contributed by atoms with van der Waals surface area (Å²) in [7, 11) is 0. The first kappa shape index (κ1) is 27.3. The van der Waals surface area contributed by atoms with Gasteiger partial charge in [0.25, 0.3) is 0 Å². The Morgan fingerprint density at radius 1 is 1.16 bits per heavy atom. The fourth-order valence-corrected chi connectivity index (χ4v) is 5.05. The molecule has 0 aliphatic carbocycles. The normalized spacial score (nSPS) is 26.3. The predicted octanol–water partition coefficient (Wildman–Crippen LogP) is 3.69. The minimum absolute atomic E-state index is 0.0885. The third-order valence-electron chi connectivity index (χ3n) is 7.24. The summed E-state index contributed by atoms with van der Waals surface area (Å²) in [6, 6.07) is 8.85.